The summed E-state index contributed by atoms with van der Waals surface area (Å²) in [6.45, 7) is 8.48. The highest BCUT2D eigenvalue weighted by atomic mass is 16.4. The molecular weight excluding hydrogens is 280 g/mol. The van der Waals surface area contributed by atoms with Crippen molar-refractivity contribution in [2.75, 3.05) is 0 Å². The van der Waals surface area contributed by atoms with Crippen LogP contribution < -0.4 is 0 Å². The first-order valence-corrected chi connectivity index (χ1v) is 6.76. The van der Waals surface area contributed by atoms with Gasteiger partial charge < -0.3 is 10.2 Å². The molecule has 0 unspecified atom stereocenters. The topological polar surface area (TPSA) is 74.6 Å². The van der Waals surface area contributed by atoms with Crippen LogP contribution in [0.15, 0.2) is 48.5 Å². The highest BCUT2D eigenvalue weighted by molar-refractivity contribution is 6.27. The largest absolute Gasteiger partial charge is 0.473 e. The lowest BCUT2D eigenvalue weighted by molar-refractivity contribution is -0.159. The molecule has 4 nitrogen and oxygen atoms in total. The first-order chi connectivity index (χ1) is 10.3. The molecule has 22 heavy (non-hydrogen) atoms. The summed E-state index contributed by atoms with van der Waals surface area (Å²) < 4.78 is 0. The predicted molar refractivity (Wildman–Crippen MR) is 87.1 cm³/mol. The van der Waals surface area contributed by atoms with E-state index in [1.807, 2.05) is 0 Å². The van der Waals surface area contributed by atoms with Crippen molar-refractivity contribution in [1.82, 2.24) is 0 Å². The van der Waals surface area contributed by atoms with Gasteiger partial charge >= 0.3 is 11.9 Å². The summed E-state index contributed by atoms with van der Waals surface area (Å²) in [5.41, 5.74) is 5.47. The lowest BCUT2D eigenvalue weighted by Gasteiger charge is -1.93. The maximum Gasteiger partial charge on any atom is 0.414 e. The maximum atomic E-state index is 9.10. The molecule has 0 aliphatic carbocycles. The third-order valence-corrected chi connectivity index (χ3v) is 3.03. The van der Waals surface area contributed by atoms with Gasteiger partial charge in [0.2, 0.25) is 0 Å². The van der Waals surface area contributed by atoms with E-state index in [1.165, 1.54) is 22.3 Å². The molecule has 0 atom stereocenters. The zero-order chi connectivity index (χ0) is 17.1. The number of rotatable bonds is 0. The van der Waals surface area contributed by atoms with Gasteiger partial charge in [0.15, 0.2) is 0 Å². The summed E-state index contributed by atoms with van der Waals surface area (Å²) in [6, 6.07) is 16.7. The number of carboxylic acid groups (broad SMARTS) is 2. The Morgan fingerprint density at radius 3 is 0.864 bits per heavy atom. The minimum Gasteiger partial charge on any atom is -0.473 e. The number of carboxylic acids is 2. The Labute approximate surface area is 131 Å². The van der Waals surface area contributed by atoms with Crippen LogP contribution in [0.2, 0.25) is 0 Å². The second-order valence-corrected chi connectivity index (χ2v) is 4.78. The number of aryl methyl sites for hydroxylation is 4. The minimum absolute atomic E-state index is 1.37. The van der Waals surface area contributed by atoms with Gasteiger partial charge in [-0.3, -0.25) is 0 Å². The van der Waals surface area contributed by atoms with Crippen LogP contribution in [0.3, 0.4) is 0 Å². The van der Waals surface area contributed by atoms with Crippen LogP contribution in [0, 0.1) is 27.7 Å². The van der Waals surface area contributed by atoms with Gasteiger partial charge in [0, 0.05) is 0 Å². The van der Waals surface area contributed by atoms with Crippen molar-refractivity contribution in [2.24, 2.45) is 0 Å². The first kappa shape index (κ1) is 19.4. The molecule has 0 bridgehead atoms. The van der Waals surface area contributed by atoms with Crippen molar-refractivity contribution in [3.05, 3.63) is 70.8 Å². The monoisotopic (exact) mass is 302 g/mol. The van der Waals surface area contributed by atoms with E-state index in [0.29, 0.717) is 0 Å². The molecule has 0 saturated heterocycles. The van der Waals surface area contributed by atoms with Crippen LogP contribution in [0.4, 0.5) is 0 Å². The highest BCUT2D eigenvalue weighted by Gasteiger charge is 2.04. The lowest BCUT2D eigenvalue weighted by atomic mass is 10.1. The molecular formula is C18H22O4. The van der Waals surface area contributed by atoms with Gasteiger partial charge in [-0.2, -0.15) is 0 Å². The first-order valence-electron chi connectivity index (χ1n) is 6.76. The Balaban J connectivity index is 0.000000306. The molecule has 2 rings (SSSR count). The summed E-state index contributed by atoms with van der Waals surface area (Å²) in [4.78, 5) is 18.2. The van der Waals surface area contributed by atoms with Crippen molar-refractivity contribution in [3.8, 4) is 0 Å². The fraction of sp³-hybridized carbons (Fsp3) is 0.222. The van der Waals surface area contributed by atoms with Gasteiger partial charge in [-0.25, -0.2) is 9.59 Å². The molecule has 0 amide bonds. The predicted octanol–water partition coefficient (Wildman–Crippen LogP) is 3.76. The molecule has 0 heterocycles. The van der Waals surface area contributed by atoms with Gasteiger partial charge in [-0.05, 0) is 49.9 Å². The summed E-state index contributed by atoms with van der Waals surface area (Å²) in [5, 5.41) is 14.8. The van der Waals surface area contributed by atoms with Gasteiger partial charge in [0.25, 0.3) is 0 Å². The van der Waals surface area contributed by atoms with E-state index in [-0.39, 0.29) is 0 Å². The zero-order valence-corrected chi connectivity index (χ0v) is 13.3. The van der Waals surface area contributed by atoms with Crippen molar-refractivity contribution in [2.45, 2.75) is 27.7 Å². The van der Waals surface area contributed by atoms with Gasteiger partial charge in [-0.15, -0.1) is 0 Å². The van der Waals surface area contributed by atoms with Gasteiger partial charge in [0.05, 0.1) is 0 Å². The van der Waals surface area contributed by atoms with Crippen LogP contribution >= 0.6 is 0 Å². The molecule has 0 aliphatic heterocycles. The zero-order valence-electron chi connectivity index (χ0n) is 13.3. The molecule has 2 aromatic carbocycles. The van der Waals surface area contributed by atoms with Gasteiger partial charge in [-0.1, -0.05) is 48.5 Å². The summed E-state index contributed by atoms with van der Waals surface area (Å²) in [5.74, 6) is -3.65. The van der Waals surface area contributed by atoms with Gasteiger partial charge in [0.1, 0.15) is 0 Å². The van der Waals surface area contributed by atoms with E-state index >= 15 is 0 Å². The van der Waals surface area contributed by atoms with Crippen molar-refractivity contribution < 1.29 is 19.8 Å². The summed E-state index contributed by atoms with van der Waals surface area (Å²) >= 11 is 0. The van der Waals surface area contributed by atoms with Crippen LogP contribution in [-0.2, 0) is 9.59 Å². The van der Waals surface area contributed by atoms with E-state index < -0.39 is 11.9 Å². The van der Waals surface area contributed by atoms with Crippen LogP contribution in [-0.4, -0.2) is 22.2 Å². The molecule has 0 radical (unpaired) electrons. The second kappa shape index (κ2) is 10.2. The number of benzene rings is 2. The number of carbonyl (C=O) groups is 2. The highest BCUT2D eigenvalue weighted by Crippen LogP contribution is 2.03. The van der Waals surface area contributed by atoms with Crippen LogP contribution in [0.25, 0.3) is 0 Å². The number of aliphatic carboxylic acids is 2. The Morgan fingerprint density at radius 2 is 0.773 bits per heavy atom. The Kier molecular flexibility index (Phi) is 8.95. The molecule has 0 spiro atoms. The van der Waals surface area contributed by atoms with Crippen LogP contribution in [0.1, 0.15) is 22.3 Å². The molecule has 118 valence electrons. The molecule has 0 aromatic heterocycles. The van der Waals surface area contributed by atoms with Crippen molar-refractivity contribution >= 4 is 11.9 Å². The SMILES string of the molecule is Cc1ccccc1C.Cc1ccccc1C.O=C(O)C(=O)O. The van der Waals surface area contributed by atoms with E-state index in [2.05, 4.69) is 76.2 Å². The normalized spacial score (nSPS) is 8.73. The Morgan fingerprint density at radius 1 is 0.591 bits per heavy atom. The summed E-state index contributed by atoms with van der Waals surface area (Å²) in [7, 11) is 0. The summed E-state index contributed by atoms with van der Waals surface area (Å²) in [6.07, 6.45) is 0. The number of hydrogen-bond donors (Lipinski definition) is 2. The molecule has 4 heteroatoms. The maximum absolute atomic E-state index is 9.10. The lowest BCUT2D eigenvalue weighted by Crippen LogP contribution is -2.09. The van der Waals surface area contributed by atoms with E-state index in [1.54, 1.807) is 0 Å². The molecule has 0 saturated carbocycles. The Bertz CT molecular complexity index is 520. The molecule has 2 N–H and O–H groups in total. The van der Waals surface area contributed by atoms with Crippen molar-refractivity contribution in [1.29, 1.82) is 0 Å². The van der Waals surface area contributed by atoms with E-state index in [9.17, 15) is 0 Å². The van der Waals surface area contributed by atoms with Crippen LogP contribution in [0.5, 0.6) is 0 Å². The van der Waals surface area contributed by atoms with E-state index in [4.69, 9.17) is 19.8 Å². The average molecular weight is 302 g/mol. The quantitative estimate of drug-likeness (QED) is 0.727. The van der Waals surface area contributed by atoms with E-state index in [0.717, 1.165) is 0 Å². The fourth-order valence-electron chi connectivity index (χ4n) is 1.33. The Hall–Kier alpha value is -2.62. The third-order valence-electron chi connectivity index (χ3n) is 3.03. The molecule has 2 aromatic rings. The van der Waals surface area contributed by atoms with Crippen molar-refractivity contribution in [3.63, 3.8) is 0 Å². The molecule has 0 aliphatic rings. The second-order valence-electron chi connectivity index (χ2n) is 4.78. The minimum atomic E-state index is -1.82. The third kappa shape index (κ3) is 8.53. The molecule has 0 fully saturated rings. The number of hydrogen-bond acceptors (Lipinski definition) is 2. The smallest absolute Gasteiger partial charge is 0.414 e. The standard InChI is InChI=1S/2C8H10.C2H2O4/c2*1-7-5-3-4-6-8(7)2;3-1(4)2(5)6/h2*3-6H,1-2H3;(H,3,4)(H,5,6). The average Bonchev–Trinajstić information content (AvgIpc) is 2.47. The fourth-order valence-corrected chi connectivity index (χ4v) is 1.33.